The largest absolute Gasteiger partial charge is 0.481 e. The SMILES string of the molecule is O=C(O)CC(NC(=O)c1cn[nH]n1)c1cccs1. The van der Waals surface area contributed by atoms with Crippen LogP contribution in [0.4, 0.5) is 0 Å². The molecule has 2 aromatic rings. The van der Waals surface area contributed by atoms with Gasteiger partial charge in [0, 0.05) is 4.88 Å². The molecule has 0 saturated heterocycles. The Bertz CT molecular complexity index is 523. The Hall–Kier alpha value is -2.22. The van der Waals surface area contributed by atoms with Gasteiger partial charge in [-0.3, -0.25) is 9.59 Å². The zero-order chi connectivity index (χ0) is 13.0. The summed E-state index contributed by atoms with van der Waals surface area (Å²) < 4.78 is 0. The van der Waals surface area contributed by atoms with E-state index in [0.717, 1.165) is 4.88 Å². The number of carbonyl (C=O) groups is 2. The fraction of sp³-hybridized carbons (Fsp3) is 0.200. The first-order valence-corrected chi connectivity index (χ1v) is 5.96. The van der Waals surface area contributed by atoms with E-state index in [2.05, 4.69) is 20.7 Å². The highest BCUT2D eigenvalue weighted by Gasteiger charge is 2.20. The number of H-pyrrole nitrogens is 1. The quantitative estimate of drug-likeness (QED) is 0.742. The first kappa shape index (κ1) is 12.2. The van der Waals surface area contributed by atoms with Crippen molar-refractivity contribution in [3.05, 3.63) is 34.3 Å². The number of carbonyl (C=O) groups excluding carboxylic acids is 1. The second-order valence-corrected chi connectivity index (χ2v) is 4.47. The highest BCUT2D eigenvalue weighted by molar-refractivity contribution is 7.10. The molecular formula is C10H10N4O3S. The number of thiophene rings is 1. The standard InChI is InChI=1S/C10H10N4O3S/c15-9(16)4-6(8-2-1-3-18-8)12-10(17)7-5-11-14-13-7/h1-3,5-6H,4H2,(H,12,17)(H,15,16)(H,11,13,14). The summed E-state index contributed by atoms with van der Waals surface area (Å²) in [5.41, 5.74) is 0.127. The van der Waals surface area contributed by atoms with Crippen molar-refractivity contribution in [1.82, 2.24) is 20.7 Å². The minimum Gasteiger partial charge on any atom is -0.481 e. The average Bonchev–Trinajstić information content (AvgIpc) is 3.01. The van der Waals surface area contributed by atoms with Gasteiger partial charge in [0.2, 0.25) is 0 Å². The summed E-state index contributed by atoms with van der Waals surface area (Å²) in [5.74, 6) is -1.43. The molecule has 0 spiro atoms. The predicted molar refractivity (Wildman–Crippen MR) is 63.2 cm³/mol. The zero-order valence-electron chi connectivity index (χ0n) is 9.16. The number of aromatic nitrogens is 3. The van der Waals surface area contributed by atoms with Crippen LogP contribution in [0, 0.1) is 0 Å². The predicted octanol–water partition coefficient (Wildman–Crippen LogP) is 0.812. The summed E-state index contributed by atoms with van der Waals surface area (Å²) in [6.45, 7) is 0. The smallest absolute Gasteiger partial charge is 0.305 e. The summed E-state index contributed by atoms with van der Waals surface area (Å²) >= 11 is 1.39. The normalized spacial score (nSPS) is 12.0. The van der Waals surface area contributed by atoms with E-state index in [-0.39, 0.29) is 12.1 Å². The van der Waals surface area contributed by atoms with Crippen molar-refractivity contribution in [3.63, 3.8) is 0 Å². The van der Waals surface area contributed by atoms with Gasteiger partial charge in [-0.15, -0.1) is 11.3 Å². The molecule has 2 heterocycles. The number of amides is 1. The molecule has 7 nitrogen and oxygen atoms in total. The van der Waals surface area contributed by atoms with E-state index in [1.807, 2.05) is 5.38 Å². The first-order valence-electron chi connectivity index (χ1n) is 5.08. The molecule has 0 aromatic carbocycles. The molecule has 2 aromatic heterocycles. The summed E-state index contributed by atoms with van der Waals surface area (Å²) in [4.78, 5) is 23.3. The maximum atomic E-state index is 11.8. The van der Waals surface area contributed by atoms with Gasteiger partial charge in [-0.25, -0.2) is 0 Å². The van der Waals surface area contributed by atoms with E-state index in [0.29, 0.717) is 0 Å². The van der Waals surface area contributed by atoms with Crippen LogP contribution < -0.4 is 5.32 Å². The van der Waals surface area contributed by atoms with Gasteiger partial charge in [-0.1, -0.05) is 6.07 Å². The number of carboxylic acid groups (broad SMARTS) is 1. The number of hydrogen-bond donors (Lipinski definition) is 3. The fourth-order valence-corrected chi connectivity index (χ4v) is 2.21. The summed E-state index contributed by atoms with van der Waals surface area (Å²) in [6.07, 6.45) is 1.10. The van der Waals surface area contributed by atoms with Crippen LogP contribution in [-0.2, 0) is 4.79 Å². The van der Waals surface area contributed by atoms with E-state index >= 15 is 0 Å². The van der Waals surface area contributed by atoms with Crippen molar-refractivity contribution in [3.8, 4) is 0 Å². The molecule has 1 amide bonds. The average molecular weight is 266 g/mol. The Kier molecular flexibility index (Phi) is 3.68. The van der Waals surface area contributed by atoms with Crippen LogP contribution in [0.2, 0.25) is 0 Å². The highest BCUT2D eigenvalue weighted by atomic mass is 32.1. The van der Waals surface area contributed by atoms with E-state index in [1.165, 1.54) is 17.5 Å². The Balaban J connectivity index is 2.11. The number of hydrogen-bond acceptors (Lipinski definition) is 5. The van der Waals surface area contributed by atoms with Gasteiger partial charge in [0.15, 0.2) is 5.69 Å². The van der Waals surface area contributed by atoms with Crippen LogP contribution in [0.25, 0.3) is 0 Å². The second kappa shape index (κ2) is 5.41. The molecule has 0 aliphatic carbocycles. The molecule has 1 atom stereocenters. The lowest BCUT2D eigenvalue weighted by molar-refractivity contribution is -0.137. The first-order chi connectivity index (χ1) is 8.66. The van der Waals surface area contributed by atoms with Crippen molar-refractivity contribution in [1.29, 1.82) is 0 Å². The minimum absolute atomic E-state index is 0.127. The lowest BCUT2D eigenvalue weighted by Gasteiger charge is -2.14. The fourth-order valence-electron chi connectivity index (χ4n) is 1.43. The number of aromatic amines is 1. The molecule has 0 saturated carbocycles. The molecule has 0 fully saturated rings. The Morgan fingerprint density at radius 3 is 2.94 bits per heavy atom. The molecule has 0 radical (unpaired) electrons. The molecule has 3 N–H and O–H groups in total. The number of nitrogens with zero attached hydrogens (tertiary/aromatic N) is 2. The van der Waals surface area contributed by atoms with Crippen molar-refractivity contribution in [2.75, 3.05) is 0 Å². The Morgan fingerprint density at radius 1 is 1.56 bits per heavy atom. The van der Waals surface area contributed by atoms with Crippen LogP contribution in [0.5, 0.6) is 0 Å². The van der Waals surface area contributed by atoms with Crippen molar-refractivity contribution in [2.24, 2.45) is 0 Å². The molecule has 0 aliphatic rings. The molecule has 2 rings (SSSR count). The maximum Gasteiger partial charge on any atom is 0.305 e. The molecular weight excluding hydrogens is 256 g/mol. The van der Waals surface area contributed by atoms with Crippen LogP contribution in [0.1, 0.15) is 27.8 Å². The number of carboxylic acids is 1. The lowest BCUT2D eigenvalue weighted by atomic mass is 10.1. The van der Waals surface area contributed by atoms with E-state index in [9.17, 15) is 9.59 Å². The Morgan fingerprint density at radius 2 is 2.39 bits per heavy atom. The maximum absolute atomic E-state index is 11.8. The van der Waals surface area contributed by atoms with Crippen molar-refractivity contribution in [2.45, 2.75) is 12.5 Å². The van der Waals surface area contributed by atoms with Gasteiger partial charge in [-0.2, -0.15) is 15.4 Å². The van der Waals surface area contributed by atoms with E-state index in [1.54, 1.807) is 12.1 Å². The monoisotopic (exact) mass is 266 g/mol. The number of nitrogens with one attached hydrogen (secondary N) is 2. The van der Waals surface area contributed by atoms with E-state index in [4.69, 9.17) is 5.11 Å². The molecule has 94 valence electrons. The van der Waals surface area contributed by atoms with Gasteiger partial charge in [0.05, 0.1) is 18.7 Å². The third-order valence-corrected chi connectivity index (χ3v) is 3.20. The highest BCUT2D eigenvalue weighted by Crippen LogP contribution is 2.22. The summed E-state index contributed by atoms with van der Waals surface area (Å²) in [6, 6.07) is 3.02. The summed E-state index contributed by atoms with van der Waals surface area (Å²) in [7, 11) is 0. The Labute approximate surface area is 106 Å². The topological polar surface area (TPSA) is 108 Å². The number of rotatable bonds is 5. The van der Waals surface area contributed by atoms with Gasteiger partial charge < -0.3 is 10.4 Å². The van der Waals surface area contributed by atoms with Crippen molar-refractivity contribution < 1.29 is 14.7 Å². The van der Waals surface area contributed by atoms with Gasteiger partial charge >= 0.3 is 5.97 Å². The van der Waals surface area contributed by atoms with Crippen LogP contribution >= 0.6 is 11.3 Å². The molecule has 18 heavy (non-hydrogen) atoms. The van der Waals surface area contributed by atoms with Gasteiger partial charge in [-0.05, 0) is 11.4 Å². The van der Waals surface area contributed by atoms with E-state index < -0.39 is 17.9 Å². The van der Waals surface area contributed by atoms with Crippen LogP contribution in [-0.4, -0.2) is 32.4 Å². The summed E-state index contributed by atoms with van der Waals surface area (Å²) in [5, 5.41) is 22.8. The van der Waals surface area contributed by atoms with Crippen LogP contribution in [0.3, 0.4) is 0 Å². The lowest BCUT2D eigenvalue weighted by Crippen LogP contribution is -2.29. The third-order valence-electron chi connectivity index (χ3n) is 2.22. The number of aliphatic carboxylic acids is 1. The third kappa shape index (κ3) is 2.92. The minimum atomic E-state index is -0.978. The molecule has 0 aliphatic heterocycles. The van der Waals surface area contributed by atoms with Crippen LogP contribution in [0.15, 0.2) is 23.7 Å². The molecule has 8 heteroatoms. The molecule has 1 unspecified atom stereocenters. The van der Waals surface area contributed by atoms with Gasteiger partial charge in [0.1, 0.15) is 0 Å². The van der Waals surface area contributed by atoms with Crippen molar-refractivity contribution >= 4 is 23.2 Å². The van der Waals surface area contributed by atoms with Gasteiger partial charge in [0.25, 0.3) is 5.91 Å². The zero-order valence-corrected chi connectivity index (χ0v) is 9.98. The molecule has 0 bridgehead atoms. The second-order valence-electron chi connectivity index (χ2n) is 3.49.